The van der Waals surface area contributed by atoms with Crippen LogP contribution in [-0.4, -0.2) is 48.1 Å². The standard InChI is InChI=1S/C16H15BrF3NO6S2/c1-9-6-11(17)7-10-8-12(14(16(18,19)20)27-13(9)10)15(22)25-2-4-28-29-5-3-26-21(23)24/h6-8,14H,2-5H2,1H3. The molecule has 0 amide bonds. The number of carbonyl (C=O) groups excluding carboxylic acids is 1. The van der Waals surface area contributed by atoms with Gasteiger partial charge in [-0.25, -0.2) is 4.79 Å². The van der Waals surface area contributed by atoms with Gasteiger partial charge in [0.25, 0.3) is 5.09 Å². The molecule has 0 saturated carbocycles. The van der Waals surface area contributed by atoms with Gasteiger partial charge >= 0.3 is 12.1 Å². The van der Waals surface area contributed by atoms with Crippen LogP contribution in [0.5, 0.6) is 5.75 Å². The Hall–Kier alpha value is -1.60. The maximum absolute atomic E-state index is 13.4. The summed E-state index contributed by atoms with van der Waals surface area (Å²) < 4.78 is 51.0. The van der Waals surface area contributed by atoms with Crippen LogP contribution >= 0.6 is 37.5 Å². The van der Waals surface area contributed by atoms with Crippen molar-refractivity contribution in [1.29, 1.82) is 0 Å². The quantitative estimate of drug-likeness (QED) is 0.154. The van der Waals surface area contributed by atoms with Crippen molar-refractivity contribution in [2.24, 2.45) is 0 Å². The zero-order chi connectivity index (χ0) is 21.6. The van der Waals surface area contributed by atoms with E-state index < -0.39 is 28.9 Å². The van der Waals surface area contributed by atoms with Crippen molar-refractivity contribution in [1.82, 2.24) is 0 Å². The summed E-state index contributed by atoms with van der Waals surface area (Å²) in [6.07, 6.45) is -6.07. The van der Waals surface area contributed by atoms with Gasteiger partial charge in [-0.2, -0.15) is 13.2 Å². The van der Waals surface area contributed by atoms with Gasteiger partial charge in [0, 0.05) is 21.5 Å². The molecular weight excluding hydrogens is 503 g/mol. The number of alkyl halides is 3. The van der Waals surface area contributed by atoms with E-state index in [1.54, 1.807) is 19.1 Å². The minimum atomic E-state index is -4.79. The molecular formula is C16H15BrF3NO6S2. The van der Waals surface area contributed by atoms with E-state index in [4.69, 9.17) is 9.47 Å². The molecule has 0 aliphatic carbocycles. The lowest BCUT2D eigenvalue weighted by molar-refractivity contribution is -0.756. The summed E-state index contributed by atoms with van der Waals surface area (Å²) >= 11 is 3.26. The fourth-order valence-corrected chi connectivity index (χ4v) is 4.61. The number of esters is 1. The summed E-state index contributed by atoms with van der Waals surface area (Å²) in [4.78, 5) is 26.4. The fourth-order valence-electron chi connectivity index (χ4n) is 2.37. The number of fused-ring (bicyclic) bond motifs is 1. The van der Waals surface area contributed by atoms with Crippen LogP contribution in [0.4, 0.5) is 13.2 Å². The predicted octanol–water partition coefficient (Wildman–Crippen LogP) is 4.60. The Balaban J connectivity index is 1.97. The molecule has 0 aromatic heterocycles. The highest BCUT2D eigenvalue weighted by Crippen LogP contribution is 2.40. The number of benzene rings is 1. The summed E-state index contributed by atoms with van der Waals surface area (Å²) in [7, 11) is 2.50. The fraction of sp³-hybridized carbons (Fsp3) is 0.438. The van der Waals surface area contributed by atoms with Gasteiger partial charge in [0.05, 0.1) is 5.57 Å². The Kier molecular flexibility index (Phi) is 8.52. The van der Waals surface area contributed by atoms with Crippen molar-refractivity contribution >= 4 is 49.6 Å². The summed E-state index contributed by atoms with van der Waals surface area (Å²) in [5.41, 5.74) is 0.223. The highest BCUT2D eigenvalue weighted by atomic mass is 79.9. The average Bonchev–Trinajstić information content (AvgIpc) is 2.61. The number of rotatable bonds is 9. The molecule has 1 aromatic carbocycles. The molecule has 1 aliphatic rings. The van der Waals surface area contributed by atoms with Crippen LogP contribution in [0.3, 0.4) is 0 Å². The van der Waals surface area contributed by atoms with E-state index in [0.717, 1.165) is 6.08 Å². The van der Waals surface area contributed by atoms with Crippen LogP contribution in [0, 0.1) is 17.0 Å². The van der Waals surface area contributed by atoms with Crippen LogP contribution < -0.4 is 4.74 Å². The number of aryl methyl sites for hydroxylation is 1. The molecule has 0 radical (unpaired) electrons. The van der Waals surface area contributed by atoms with Gasteiger partial charge in [0.2, 0.25) is 6.10 Å². The van der Waals surface area contributed by atoms with Crippen molar-refractivity contribution in [2.75, 3.05) is 24.7 Å². The number of carbonyl (C=O) groups is 1. The Labute approximate surface area is 180 Å². The summed E-state index contributed by atoms with van der Waals surface area (Å²) in [6.45, 7) is 1.40. The van der Waals surface area contributed by atoms with Crippen LogP contribution in [-0.2, 0) is 14.4 Å². The Bertz CT molecular complexity index is 806. The average molecular weight is 518 g/mol. The molecule has 1 atom stereocenters. The minimum Gasteiger partial charge on any atom is -0.475 e. The second-order valence-corrected chi connectivity index (χ2v) is 9.23. The molecule has 2 rings (SSSR count). The van der Waals surface area contributed by atoms with E-state index >= 15 is 0 Å². The SMILES string of the molecule is Cc1cc(Br)cc2c1OC(C(F)(F)F)C(C(=O)OCCSSCCO[N+](=O)[O-])=C2. The van der Waals surface area contributed by atoms with Gasteiger partial charge in [-0.05, 0) is 30.7 Å². The largest absolute Gasteiger partial charge is 0.475 e. The van der Waals surface area contributed by atoms with Gasteiger partial charge in [0.15, 0.2) is 0 Å². The zero-order valence-electron chi connectivity index (χ0n) is 14.9. The van der Waals surface area contributed by atoms with E-state index in [9.17, 15) is 28.1 Å². The van der Waals surface area contributed by atoms with E-state index in [0.29, 0.717) is 27.1 Å². The first-order valence-electron chi connectivity index (χ1n) is 8.03. The van der Waals surface area contributed by atoms with Crippen LogP contribution in [0.15, 0.2) is 22.2 Å². The number of hydrogen-bond acceptors (Lipinski definition) is 8. The van der Waals surface area contributed by atoms with E-state index in [1.165, 1.54) is 21.6 Å². The van der Waals surface area contributed by atoms with Gasteiger partial charge in [0.1, 0.15) is 19.0 Å². The molecule has 1 aromatic rings. The number of ether oxygens (including phenoxy) is 2. The smallest absolute Gasteiger partial charge is 0.430 e. The van der Waals surface area contributed by atoms with Crippen molar-refractivity contribution in [2.45, 2.75) is 19.2 Å². The first-order valence-corrected chi connectivity index (χ1v) is 11.3. The van der Waals surface area contributed by atoms with Crippen molar-refractivity contribution in [3.05, 3.63) is 43.4 Å². The second-order valence-electron chi connectivity index (χ2n) is 5.62. The van der Waals surface area contributed by atoms with E-state index in [1.807, 2.05) is 0 Å². The topological polar surface area (TPSA) is 87.9 Å². The van der Waals surface area contributed by atoms with Crippen LogP contribution in [0.2, 0.25) is 0 Å². The summed E-state index contributed by atoms with van der Waals surface area (Å²) in [5.74, 6) is -0.422. The molecule has 1 heterocycles. The molecule has 0 N–H and O–H groups in total. The minimum absolute atomic E-state index is 0.0657. The monoisotopic (exact) mass is 517 g/mol. The lowest BCUT2D eigenvalue weighted by Gasteiger charge is -2.29. The second kappa shape index (κ2) is 10.4. The maximum atomic E-state index is 13.4. The Morgan fingerprint density at radius 2 is 1.97 bits per heavy atom. The van der Waals surface area contributed by atoms with Crippen LogP contribution in [0.25, 0.3) is 6.08 Å². The first kappa shape index (κ1) is 23.7. The molecule has 0 spiro atoms. The van der Waals surface area contributed by atoms with E-state index in [-0.39, 0.29) is 19.0 Å². The zero-order valence-corrected chi connectivity index (χ0v) is 18.1. The highest BCUT2D eigenvalue weighted by molar-refractivity contribution is 9.10. The summed E-state index contributed by atoms with van der Waals surface area (Å²) in [6, 6.07) is 3.18. The third kappa shape index (κ3) is 7.00. The maximum Gasteiger partial charge on any atom is 0.430 e. The molecule has 1 aliphatic heterocycles. The van der Waals surface area contributed by atoms with Gasteiger partial charge in [-0.1, -0.05) is 37.5 Å². The van der Waals surface area contributed by atoms with Gasteiger partial charge in [-0.3, -0.25) is 0 Å². The van der Waals surface area contributed by atoms with Crippen molar-refractivity contribution in [3.63, 3.8) is 0 Å². The molecule has 0 bridgehead atoms. The summed E-state index contributed by atoms with van der Waals surface area (Å²) in [5, 5.41) is 9.08. The van der Waals surface area contributed by atoms with Crippen molar-refractivity contribution < 1.29 is 37.4 Å². The molecule has 1 unspecified atom stereocenters. The van der Waals surface area contributed by atoms with Gasteiger partial charge in [-0.15, -0.1) is 10.1 Å². The molecule has 7 nitrogen and oxygen atoms in total. The number of halogens is 4. The highest BCUT2D eigenvalue weighted by Gasteiger charge is 2.49. The lowest BCUT2D eigenvalue weighted by Crippen LogP contribution is -2.41. The molecule has 160 valence electrons. The Morgan fingerprint density at radius 1 is 1.31 bits per heavy atom. The normalized spacial score (nSPS) is 15.8. The number of hydrogen-bond donors (Lipinski definition) is 0. The van der Waals surface area contributed by atoms with E-state index in [2.05, 4.69) is 20.8 Å². The number of nitrogens with zero attached hydrogens (tertiary/aromatic N) is 1. The van der Waals surface area contributed by atoms with Crippen LogP contribution in [0.1, 0.15) is 11.1 Å². The third-order valence-electron chi connectivity index (χ3n) is 3.48. The predicted molar refractivity (Wildman–Crippen MR) is 106 cm³/mol. The lowest BCUT2D eigenvalue weighted by atomic mass is 9.99. The molecule has 0 saturated heterocycles. The van der Waals surface area contributed by atoms with Crippen molar-refractivity contribution in [3.8, 4) is 5.75 Å². The first-order chi connectivity index (χ1) is 13.6. The molecule has 13 heteroatoms. The molecule has 29 heavy (non-hydrogen) atoms. The molecule has 0 fully saturated rings. The Morgan fingerprint density at radius 3 is 2.59 bits per heavy atom. The van der Waals surface area contributed by atoms with Gasteiger partial charge < -0.3 is 14.3 Å². The third-order valence-corrected chi connectivity index (χ3v) is 6.27.